The average molecular weight is 378 g/mol. The van der Waals surface area contributed by atoms with Crippen molar-refractivity contribution in [2.75, 3.05) is 18.6 Å². The van der Waals surface area contributed by atoms with Gasteiger partial charge in [0, 0.05) is 13.0 Å². The van der Waals surface area contributed by atoms with E-state index in [2.05, 4.69) is 15.9 Å². The van der Waals surface area contributed by atoms with Gasteiger partial charge in [0.1, 0.15) is 4.88 Å². The molecule has 1 unspecified atom stereocenters. The summed E-state index contributed by atoms with van der Waals surface area (Å²) in [7, 11) is 1.32. The fraction of sp³-hybridized carbons (Fsp3) is 0.571. The van der Waals surface area contributed by atoms with E-state index in [1.54, 1.807) is 24.8 Å². The van der Waals surface area contributed by atoms with Gasteiger partial charge in [-0.05, 0) is 41.8 Å². The Morgan fingerprint density at radius 3 is 2.71 bits per heavy atom. The van der Waals surface area contributed by atoms with Crippen LogP contribution < -0.4 is 4.90 Å². The van der Waals surface area contributed by atoms with Crippen LogP contribution >= 0.6 is 27.3 Å². The molecule has 1 atom stereocenters. The van der Waals surface area contributed by atoms with Crippen LogP contribution in [0.15, 0.2) is 9.85 Å². The summed E-state index contributed by atoms with van der Waals surface area (Å²) in [6, 6.07) is 1.76. The van der Waals surface area contributed by atoms with Gasteiger partial charge >= 0.3 is 5.97 Å². The molecule has 0 bridgehead atoms. The Morgan fingerprint density at radius 1 is 1.52 bits per heavy atom. The molecule has 7 heteroatoms. The van der Waals surface area contributed by atoms with E-state index in [9.17, 15) is 14.7 Å². The lowest BCUT2D eigenvalue weighted by molar-refractivity contribution is -0.118. The van der Waals surface area contributed by atoms with Crippen LogP contribution in [-0.4, -0.2) is 36.7 Å². The molecular formula is C14H20BrNO4S. The molecule has 1 rings (SSSR count). The minimum Gasteiger partial charge on any atom is -0.465 e. The maximum Gasteiger partial charge on any atom is 0.350 e. The lowest BCUT2D eigenvalue weighted by Crippen LogP contribution is -2.32. The molecule has 1 amide bonds. The first-order chi connectivity index (χ1) is 9.90. The van der Waals surface area contributed by atoms with Gasteiger partial charge < -0.3 is 14.7 Å². The number of anilines is 1. The number of methoxy groups -OCH3 is 1. The van der Waals surface area contributed by atoms with Gasteiger partial charge in [0.2, 0.25) is 5.91 Å². The third-order valence-electron chi connectivity index (χ3n) is 2.95. The monoisotopic (exact) mass is 377 g/mol. The SMILES string of the molecule is CCC(=O)N(CCCC(C)O)c1cc(Br)sc1C(=O)OC. The van der Waals surface area contributed by atoms with Gasteiger partial charge in [0.15, 0.2) is 0 Å². The van der Waals surface area contributed by atoms with E-state index < -0.39 is 12.1 Å². The molecule has 0 aromatic carbocycles. The largest absolute Gasteiger partial charge is 0.465 e. The quantitative estimate of drug-likeness (QED) is 0.740. The van der Waals surface area contributed by atoms with Crippen LogP contribution in [0.5, 0.6) is 0 Å². The first-order valence-corrected chi connectivity index (χ1v) is 8.37. The summed E-state index contributed by atoms with van der Waals surface area (Å²) in [4.78, 5) is 26.0. The van der Waals surface area contributed by atoms with Crippen molar-refractivity contribution in [2.45, 2.75) is 39.2 Å². The molecule has 0 fully saturated rings. The predicted octanol–water partition coefficient (Wildman–Crippen LogP) is 3.20. The number of carbonyl (C=O) groups is 2. The van der Waals surface area contributed by atoms with Crippen LogP contribution in [-0.2, 0) is 9.53 Å². The zero-order valence-electron chi connectivity index (χ0n) is 12.4. The first-order valence-electron chi connectivity index (χ1n) is 6.76. The van der Waals surface area contributed by atoms with Gasteiger partial charge in [0.05, 0.1) is 22.7 Å². The van der Waals surface area contributed by atoms with Crippen LogP contribution in [0.2, 0.25) is 0 Å². The summed E-state index contributed by atoms with van der Waals surface area (Å²) in [6.07, 6.45) is 1.21. The molecule has 1 aromatic heterocycles. The number of carbonyl (C=O) groups excluding carboxylic acids is 2. The Kier molecular flexibility index (Phi) is 7.34. The van der Waals surface area contributed by atoms with E-state index >= 15 is 0 Å². The number of thiophene rings is 1. The highest BCUT2D eigenvalue weighted by atomic mass is 79.9. The third-order valence-corrected chi connectivity index (χ3v) is 4.56. The van der Waals surface area contributed by atoms with E-state index in [1.165, 1.54) is 18.4 Å². The predicted molar refractivity (Wildman–Crippen MR) is 86.9 cm³/mol. The lowest BCUT2D eigenvalue weighted by atomic mass is 10.2. The second-order valence-corrected chi connectivity index (χ2v) is 7.08. The van der Waals surface area contributed by atoms with Crippen molar-refractivity contribution in [3.8, 4) is 0 Å². The van der Waals surface area contributed by atoms with Crippen LogP contribution in [0.25, 0.3) is 0 Å². The molecule has 0 aliphatic rings. The Morgan fingerprint density at radius 2 is 2.19 bits per heavy atom. The normalized spacial score (nSPS) is 12.0. The number of amides is 1. The minimum absolute atomic E-state index is 0.0592. The summed E-state index contributed by atoms with van der Waals surface area (Å²) < 4.78 is 5.54. The molecule has 118 valence electrons. The van der Waals surface area contributed by atoms with E-state index in [0.717, 1.165) is 3.79 Å². The Labute approximate surface area is 137 Å². The highest BCUT2D eigenvalue weighted by Crippen LogP contribution is 2.35. The number of hydrogen-bond acceptors (Lipinski definition) is 5. The molecule has 0 saturated carbocycles. The number of esters is 1. The average Bonchev–Trinajstić information content (AvgIpc) is 2.83. The van der Waals surface area contributed by atoms with Gasteiger partial charge in [0.25, 0.3) is 0 Å². The van der Waals surface area contributed by atoms with Gasteiger partial charge in [-0.1, -0.05) is 6.92 Å². The molecule has 1 aromatic rings. The summed E-state index contributed by atoms with van der Waals surface area (Å²) in [6.45, 7) is 3.96. The van der Waals surface area contributed by atoms with Crippen molar-refractivity contribution < 1.29 is 19.4 Å². The topological polar surface area (TPSA) is 66.8 Å². The van der Waals surface area contributed by atoms with E-state index in [4.69, 9.17) is 4.74 Å². The number of aliphatic hydroxyl groups is 1. The minimum atomic E-state index is -0.454. The number of hydrogen-bond donors (Lipinski definition) is 1. The number of nitrogens with zero attached hydrogens (tertiary/aromatic N) is 1. The van der Waals surface area contributed by atoms with Crippen molar-refractivity contribution in [3.05, 3.63) is 14.7 Å². The Bertz CT molecular complexity index is 501. The zero-order valence-corrected chi connectivity index (χ0v) is 14.8. The second-order valence-electron chi connectivity index (χ2n) is 4.65. The molecule has 1 N–H and O–H groups in total. The molecule has 0 aliphatic heterocycles. The third kappa shape index (κ3) is 5.09. The molecule has 5 nitrogen and oxygen atoms in total. The fourth-order valence-corrected chi connectivity index (χ4v) is 3.42. The first kappa shape index (κ1) is 18.1. The molecule has 0 saturated heterocycles. The van der Waals surface area contributed by atoms with Gasteiger partial charge in [-0.25, -0.2) is 4.79 Å². The smallest absolute Gasteiger partial charge is 0.350 e. The number of rotatable bonds is 7. The van der Waals surface area contributed by atoms with E-state index in [-0.39, 0.29) is 5.91 Å². The van der Waals surface area contributed by atoms with Crippen molar-refractivity contribution in [1.82, 2.24) is 0 Å². The van der Waals surface area contributed by atoms with Crippen molar-refractivity contribution >= 4 is 44.8 Å². The Hall–Kier alpha value is -0.920. The zero-order chi connectivity index (χ0) is 16.0. The van der Waals surface area contributed by atoms with Crippen LogP contribution in [0.1, 0.15) is 42.8 Å². The molecule has 21 heavy (non-hydrogen) atoms. The van der Waals surface area contributed by atoms with E-state index in [1.807, 2.05) is 0 Å². The van der Waals surface area contributed by atoms with Crippen molar-refractivity contribution in [3.63, 3.8) is 0 Å². The van der Waals surface area contributed by atoms with Gasteiger partial charge in [-0.15, -0.1) is 11.3 Å². The van der Waals surface area contributed by atoms with Gasteiger partial charge in [-0.3, -0.25) is 4.79 Å². The van der Waals surface area contributed by atoms with Crippen LogP contribution in [0.3, 0.4) is 0 Å². The Balaban J connectivity index is 3.02. The highest BCUT2D eigenvalue weighted by molar-refractivity contribution is 9.11. The summed E-state index contributed by atoms with van der Waals surface area (Å²) in [5, 5.41) is 9.33. The summed E-state index contributed by atoms with van der Waals surface area (Å²) in [5.74, 6) is -0.513. The van der Waals surface area contributed by atoms with Crippen LogP contribution in [0.4, 0.5) is 5.69 Å². The second kappa shape index (κ2) is 8.51. The number of ether oxygens (including phenoxy) is 1. The maximum absolute atomic E-state index is 12.2. The standard InChI is InChI=1S/C14H20BrNO4S/c1-4-12(18)16(7-5-6-9(2)17)10-8-11(15)21-13(10)14(19)20-3/h8-9,17H,4-7H2,1-3H3. The van der Waals surface area contributed by atoms with Crippen LogP contribution in [0, 0.1) is 0 Å². The molecule has 1 heterocycles. The summed E-state index contributed by atoms with van der Waals surface area (Å²) >= 11 is 4.59. The van der Waals surface area contributed by atoms with Crippen molar-refractivity contribution in [1.29, 1.82) is 0 Å². The maximum atomic E-state index is 12.2. The molecule has 0 aliphatic carbocycles. The number of aliphatic hydroxyl groups excluding tert-OH is 1. The fourth-order valence-electron chi connectivity index (χ4n) is 1.91. The highest BCUT2D eigenvalue weighted by Gasteiger charge is 2.24. The lowest BCUT2D eigenvalue weighted by Gasteiger charge is -2.22. The molecule has 0 spiro atoms. The molecular weight excluding hydrogens is 358 g/mol. The summed E-state index contributed by atoms with van der Waals surface area (Å²) in [5.41, 5.74) is 0.566. The molecule has 0 radical (unpaired) electrons. The number of halogens is 1. The van der Waals surface area contributed by atoms with Gasteiger partial charge in [-0.2, -0.15) is 0 Å². The van der Waals surface area contributed by atoms with E-state index in [0.29, 0.717) is 36.4 Å². The van der Waals surface area contributed by atoms with Crippen molar-refractivity contribution in [2.24, 2.45) is 0 Å².